The number of hydrogen-bond donors (Lipinski definition) is 1. The molecule has 5 heteroatoms. The van der Waals surface area contributed by atoms with Crippen molar-refractivity contribution >= 4 is 18.0 Å². The lowest BCUT2D eigenvalue weighted by atomic mass is 10.1. The van der Waals surface area contributed by atoms with Crippen LogP contribution in [0.25, 0.3) is 6.08 Å². The Hall–Kier alpha value is -2.14. The monoisotopic (exact) mass is 319 g/mol. The first-order valence-electron chi connectivity index (χ1n) is 7.74. The van der Waals surface area contributed by atoms with Crippen molar-refractivity contribution in [3.05, 3.63) is 41.5 Å². The number of aliphatic hydroxyl groups is 1. The summed E-state index contributed by atoms with van der Waals surface area (Å²) in [5.41, 5.74) is 2.08. The van der Waals surface area contributed by atoms with Crippen LogP contribution in [-0.4, -0.2) is 48.2 Å². The number of amides is 1. The van der Waals surface area contributed by atoms with Gasteiger partial charge in [0.1, 0.15) is 0 Å². The highest BCUT2D eigenvalue weighted by Gasteiger charge is 2.21. The Kier molecular flexibility index (Phi) is 8.05. The Morgan fingerprint density at radius 3 is 2.48 bits per heavy atom. The molecule has 0 saturated heterocycles. The summed E-state index contributed by atoms with van der Waals surface area (Å²) < 4.78 is 4.61. The number of nitrogens with zero attached hydrogens (tertiary/aromatic N) is 1. The van der Waals surface area contributed by atoms with Gasteiger partial charge in [-0.2, -0.15) is 0 Å². The summed E-state index contributed by atoms with van der Waals surface area (Å²) in [5.74, 6) is -0.603. The molecule has 0 bridgehead atoms. The lowest BCUT2D eigenvalue weighted by molar-refractivity contribution is -0.142. The van der Waals surface area contributed by atoms with E-state index in [9.17, 15) is 14.7 Å². The van der Waals surface area contributed by atoms with Gasteiger partial charge in [0.15, 0.2) is 0 Å². The van der Waals surface area contributed by atoms with E-state index in [0.717, 1.165) is 11.1 Å². The summed E-state index contributed by atoms with van der Waals surface area (Å²) in [5, 5.41) is 9.45. The van der Waals surface area contributed by atoms with Gasteiger partial charge in [-0.25, -0.2) is 0 Å². The summed E-state index contributed by atoms with van der Waals surface area (Å²) in [6.07, 6.45) is 3.93. The van der Waals surface area contributed by atoms with Gasteiger partial charge in [0, 0.05) is 12.6 Å². The van der Waals surface area contributed by atoms with Crippen molar-refractivity contribution in [1.82, 2.24) is 4.90 Å². The molecule has 0 heterocycles. The van der Waals surface area contributed by atoms with Crippen LogP contribution < -0.4 is 0 Å². The van der Waals surface area contributed by atoms with Gasteiger partial charge in [-0.05, 0) is 25.0 Å². The molecule has 23 heavy (non-hydrogen) atoms. The maximum Gasteiger partial charge on any atom is 0.307 e. The van der Waals surface area contributed by atoms with Gasteiger partial charge in [-0.15, -0.1) is 0 Å². The smallest absolute Gasteiger partial charge is 0.307 e. The molecule has 0 spiro atoms. The van der Waals surface area contributed by atoms with Crippen molar-refractivity contribution in [2.75, 3.05) is 20.3 Å². The normalized spacial score (nSPS) is 12.2. The number of rotatable bonds is 8. The molecule has 1 N–H and O–H groups in total. The zero-order valence-electron chi connectivity index (χ0n) is 14.0. The molecule has 0 saturated carbocycles. The van der Waals surface area contributed by atoms with E-state index in [1.54, 1.807) is 6.08 Å². The second-order valence-electron chi connectivity index (χ2n) is 5.35. The maximum atomic E-state index is 12.4. The Labute approximate surface area is 137 Å². The Morgan fingerprint density at radius 1 is 1.30 bits per heavy atom. The predicted molar refractivity (Wildman–Crippen MR) is 89.7 cm³/mol. The lowest BCUT2D eigenvalue weighted by Crippen LogP contribution is -2.42. The average Bonchev–Trinajstić information content (AvgIpc) is 2.57. The minimum atomic E-state index is -0.377. The molecule has 1 unspecified atom stereocenters. The highest BCUT2D eigenvalue weighted by molar-refractivity contribution is 5.92. The van der Waals surface area contributed by atoms with Gasteiger partial charge < -0.3 is 14.7 Å². The van der Waals surface area contributed by atoms with Crippen molar-refractivity contribution in [3.8, 4) is 0 Å². The first-order chi connectivity index (χ1) is 11.0. The Morgan fingerprint density at radius 2 is 1.96 bits per heavy atom. The number of esters is 1. The molecule has 1 rings (SSSR count). The minimum absolute atomic E-state index is 0.108. The number of aryl methyl sites for hydroxylation is 1. The molecular weight excluding hydrogens is 294 g/mol. The van der Waals surface area contributed by atoms with E-state index in [-0.39, 0.29) is 37.5 Å². The first kappa shape index (κ1) is 18.9. The molecule has 1 amide bonds. The molecule has 0 radical (unpaired) electrons. The van der Waals surface area contributed by atoms with Crippen molar-refractivity contribution in [3.63, 3.8) is 0 Å². The van der Waals surface area contributed by atoms with Gasteiger partial charge in [0.2, 0.25) is 5.91 Å². The van der Waals surface area contributed by atoms with Crippen molar-refractivity contribution in [1.29, 1.82) is 0 Å². The van der Waals surface area contributed by atoms with E-state index >= 15 is 0 Å². The standard InChI is InChI=1S/C18H25NO4/c1-4-16(13-20)19(12-11-18(22)23-3)17(21)10-9-15-7-5-14(2)6-8-15/h5-10,16,20H,4,11-13H2,1-3H3/b10-9+. The number of ether oxygens (including phenoxy) is 1. The number of carbonyl (C=O) groups is 2. The van der Waals surface area contributed by atoms with Crippen molar-refractivity contribution in [2.24, 2.45) is 0 Å². The lowest BCUT2D eigenvalue weighted by Gasteiger charge is -2.28. The summed E-state index contributed by atoms with van der Waals surface area (Å²) in [7, 11) is 1.31. The summed E-state index contributed by atoms with van der Waals surface area (Å²) in [6, 6.07) is 7.50. The van der Waals surface area contributed by atoms with Crippen LogP contribution in [0.2, 0.25) is 0 Å². The third-order valence-electron chi connectivity index (χ3n) is 3.69. The van der Waals surface area contributed by atoms with Crippen LogP contribution >= 0.6 is 0 Å². The molecular formula is C18H25NO4. The van der Waals surface area contributed by atoms with Crippen LogP contribution in [0.4, 0.5) is 0 Å². The highest BCUT2D eigenvalue weighted by atomic mass is 16.5. The van der Waals surface area contributed by atoms with Gasteiger partial charge in [-0.1, -0.05) is 36.8 Å². The van der Waals surface area contributed by atoms with E-state index < -0.39 is 0 Å². The largest absolute Gasteiger partial charge is 0.469 e. The van der Waals surface area contributed by atoms with Gasteiger partial charge in [0.25, 0.3) is 0 Å². The van der Waals surface area contributed by atoms with Crippen LogP contribution in [0.5, 0.6) is 0 Å². The topological polar surface area (TPSA) is 66.8 Å². The number of benzene rings is 1. The quantitative estimate of drug-likeness (QED) is 0.589. The summed E-state index contributed by atoms with van der Waals surface area (Å²) >= 11 is 0. The minimum Gasteiger partial charge on any atom is -0.469 e. The maximum absolute atomic E-state index is 12.4. The van der Waals surface area contributed by atoms with Gasteiger partial charge >= 0.3 is 5.97 Å². The van der Waals surface area contributed by atoms with E-state index in [0.29, 0.717) is 6.42 Å². The number of carbonyl (C=O) groups excluding carboxylic acids is 2. The SMILES string of the molecule is CCC(CO)N(CCC(=O)OC)C(=O)/C=C/c1ccc(C)cc1. The van der Waals surface area contributed by atoms with E-state index in [4.69, 9.17) is 0 Å². The molecule has 126 valence electrons. The zero-order valence-corrected chi connectivity index (χ0v) is 14.0. The molecule has 0 aromatic heterocycles. The fraction of sp³-hybridized carbons (Fsp3) is 0.444. The Balaban J connectivity index is 2.80. The van der Waals surface area contributed by atoms with E-state index in [1.807, 2.05) is 38.1 Å². The van der Waals surface area contributed by atoms with Gasteiger partial charge in [0.05, 0.1) is 26.2 Å². The third kappa shape index (κ3) is 6.24. The van der Waals surface area contributed by atoms with E-state index in [2.05, 4.69) is 4.74 Å². The highest BCUT2D eigenvalue weighted by Crippen LogP contribution is 2.09. The van der Waals surface area contributed by atoms with Crippen molar-refractivity contribution < 1.29 is 19.4 Å². The molecule has 1 atom stereocenters. The molecule has 0 aliphatic rings. The zero-order chi connectivity index (χ0) is 17.2. The van der Waals surface area contributed by atoms with Gasteiger partial charge in [-0.3, -0.25) is 9.59 Å². The van der Waals surface area contributed by atoms with E-state index in [1.165, 1.54) is 18.1 Å². The first-order valence-corrected chi connectivity index (χ1v) is 7.74. The molecule has 0 aliphatic carbocycles. The summed E-state index contributed by atoms with van der Waals surface area (Å²) in [4.78, 5) is 25.2. The molecule has 1 aromatic rings. The number of methoxy groups -OCH3 is 1. The third-order valence-corrected chi connectivity index (χ3v) is 3.69. The van der Waals surface area contributed by atoms with Crippen LogP contribution in [0, 0.1) is 6.92 Å². The summed E-state index contributed by atoms with van der Waals surface area (Å²) in [6.45, 7) is 3.98. The van der Waals surface area contributed by atoms with Crippen molar-refractivity contribution in [2.45, 2.75) is 32.7 Å². The van der Waals surface area contributed by atoms with Crippen LogP contribution in [0.1, 0.15) is 30.9 Å². The molecule has 1 aromatic carbocycles. The average molecular weight is 319 g/mol. The Bertz CT molecular complexity index is 532. The predicted octanol–water partition coefficient (Wildman–Crippen LogP) is 2.17. The molecule has 0 aliphatic heterocycles. The molecule has 5 nitrogen and oxygen atoms in total. The van der Waals surface area contributed by atoms with Crippen LogP contribution in [-0.2, 0) is 14.3 Å². The molecule has 0 fully saturated rings. The van der Waals surface area contributed by atoms with Crippen LogP contribution in [0.3, 0.4) is 0 Å². The second-order valence-corrected chi connectivity index (χ2v) is 5.35. The number of hydrogen-bond acceptors (Lipinski definition) is 4. The fourth-order valence-corrected chi connectivity index (χ4v) is 2.18. The van der Waals surface area contributed by atoms with Crippen LogP contribution in [0.15, 0.2) is 30.3 Å². The number of aliphatic hydroxyl groups excluding tert-OH is 1. The fourth-order valence-electron chi connectivity index (χ4n) is 2.18. The second kappa shape index (κ2) is 9.79.